The molecule has 2 bridgehead atoms. The molecule has 1 N–H and O–H groups in total. The van der Waals surface area contributed by atoms with Crippen molar-refractivity contribution in [2.45, 2.75) is 77.5 Å². The average molecular weight is 399 g/mol. The van der Waals surface area contributed by atoms with Crippen molar-refractivity contribution in [3.8, 4) is 5.75 Å². The Labute approximate surface area is 174 Å². The lowest BCUT2D eigenvalue weighted by Crippen LogP contribution is -2.64. The molecule has 4 aliphatic rings. The number of aliphatic hydroxyl groups is 1. The van der Waals surface area contributed by atoms with E-state index in [9.17, 15) is 5.11 Å². The summed E-state index contributed by atoms with van der Waals surface area (Å²) in [6.45, 7) is 12.9. The minimum Gasteiger partial charge on any atom is -0.496 e. The van der Waals surface area contributed by atoms with Gasteiger partial charge in [0.1, 0.15) is 17.5 Å². The third-order valence-electron chi connectivity index (χ3n) is 9.14. The number of ether oxygens (including phenoxy) is 3. The van der Waals surface area contributed by atoms with Crippen LogP contribution >= 0.6 is 0 Å². The van der Waals surface area contributed by atoms with Crippen LogP contribution in [0.2, 0.25) is 0 Å². The number of rotatable bonds is 1. The third-order valence-corrected chi connectivity index (χ3v) is 9.14. The molecule has 2 aliphatic heterocycles. The van der Waals surface area contributed by atoms with Gasteiger partial charge >= 0.3 is 0 Å². The summed E-state index contributed by atoms with van der Waals surface area (Å²) >= 11 is 0. The fraction of sp³-hybridized carbons (Fsp3) is 0.680. The first-order chi connectivity index (χ1) is 13.5. The van der Waals surface area contributed by atoms with Gasteiger partial charge in [-0.25, -0.2) is 0 Å². The van der Waals surface area contributed by atoms with Crippen molar-refractivity contribution in [3.05, 3.63) is 34.9 Å². The summed E-state index contributed by atoms with van der Waals surface area (Å²) in [6.07, 6.45) is 5.98. The van der Waals surface area contributed by atoms with Crippen molar-refractivity contribution in [1.82, 2.24) is 0 Å². The SMILES string of the molecule is COc1ccc2c(c1C)C=C[C@]1(C)[C@@H]3CC[C@]21O[C@]1(OC(C)(C)[C@@H](C)[C@H]1O)[C@H]3C. The molecule has 2 heterocycles. The molecule has 0 unspecified atom stereocenters. The molecule has 1 spiro atoms. The van der Waals surface area contributed by atoms with Crippen molar-refractivity contribution in [3.63, 3.8) is 0 Å². The molecule has 0 amide bonds. The first kappa shape index (κ1) is 19.6. The lowest BCUT2D eigenvalue weighted by molar-refractivity contribution is -0.382. The second-order valence-corrected chi connectivity index (χ2v) is 10.5. The molecule has 2 aliphatic carbocycles. The Balaban J connectivity index is 1.72. The predicted octanol–water partition coefficient (Wildman–Crippen LogP) is 4.81. The standard InChI is InChI=1S/C25H34O4/c1-14-17-10-12-23(6)18-11-13-24(23,19(17)8-9-20(14)27-7)29-25(15(18)2)21(26)16(3)22(4,5)28-25/h8-10,12,15-16,18,21,26H,11,13H2,1-7H3/t15-,16-,18+,21+,23+,24-,25+/m0/s1. The fourth-order valence-electron chi connectivity index (χ4n) is 7.03. The van der Waals surface area contributed by atoms with Gasteiger partial charge in [0.05, 0.1) is 12.7 Å². The molecule has 158 valence electrons. The zero-order valence-corrected chi connectivity index (χ0v) is 18.7. The molecule has 5 rings (SSSR count). The third kappa shape index (κ3) is 2.06. The van der Waals surface area contributed by atoms with Gasteiger partial charge in [-0.3, -0.25) is 0 Å². The Hall–Kier alpha value is -1.36. The van der Waals surface area contributed by atoms with Gasteiger partial charge < -0.3 is 19.3 Å². The maximum Gasteiger partial charge on any atom is 0.199 e. The number of hydrogen-bond acceptors (Lipinski definition) is 4. The maximum absolute atomic E-state index is 11.4. The van der Waals surface area contributed by atoms with Gasteiger partial charge in [-0.1, -0.05) is 39.0 Å². The van der Waals surface area contributed by atoms with E-state index in [1.54, 1.807) is 7.11 Å². The van der Waals surface area contributed by atoms with E-state index in [0.29, 0.717) is 5.92 Å². The Kier molecular flexibility index (Phi) is 3.82. The minimum atomic E-state index is -0.972. The van der Waals surface area contributed by atoms with Crippen LogP contribution in [-0.2, 0) is 15.1 Å². The summed E-state index contributed by atoms with van der Waals surface area (Å²) in [5.74, 6) is 0.418. The summed E-state index contributed by atoms with van der Waals surface area (Å²) in [4.78, 5) is 0. The Morgan fingerprint density at radius 2 is 1.83 bits per heavy atom. The van der Waals surface area contributed by atoms with Crippen molar-refractivity contribution >= 4 is 6.08 Å². The average Bonchev–Trinajstić information content (AvgIpc) is 3.00. The largest absolute Gasteiger partial charge is 0.496 e. The molecule has 4 heteroatoms. The molecule has 3 fully saturated rings. The maximum atomic E-state index is 11.4. The van der Waals surface area contributed by atoms with Crippen LogP contribution in [0.4, 0.5) is 0 Å². The van der Waals surface area contributed by atoms with Gasteiger partial charge in [0, 0.05) is 17.3 Å². The van der Waals surface area contributed by atoms with Crippen LogP contribution < -0.4 is 4.74 Å². The topological polar surface area (TPSA) is 47.9 Å². The van der Waals surface area contributed by atoms with E-state index in [1.165, 1.54) is 11.1 Å². The minimum absolute atomic E-state index is 0.00122. The second-order valence-electron chi connectivity index (χ2n) is 10.5. The van der Waals surface area contributed by atoms with Gasteiger partial charge in [-0.15, -0.1) is 0 Å². The fourth-order valence-corrected chi connectivity index (χ4v) is 7.03. The zero-order valence-electron chi connectivity index (χ0n) is 18.7. The molecule has 29 heavy (non-hydrogen) atoms. The first-order valence-electron chi connectivity index (χ1n) is 11.0. The van der Waals surface area contributed by atoms with Crippen LogP contribution in [-0.4, -0.2) is 29.7 Å². The highest BCUT2D eigenvalue weighted by Gasteiger charge is 2.74. The highest BCUT2D eigenvalue weighted by molar-refractivity contribution is 5.67. The smallest absolute Gasteiger partial charge is 0.199 e. The molecule has 4 nitrogen and oxygen atoms in total. The van der Waals surface area contributed by atoms with Gasteiger partial charge in [0.15, 0.2) is 5.79 Å². The molecule has 1 aromatic rings. The first-order valence-corrected chi connectivity index (χ1v) is 11.0. The van der Waals surface area contributed by atoms with Crippen LogP contribution in [0.3, 0.4) is 0 Å². The number of fused-ring (bicyclic) bond motifs is 1. The van der Waals surface area contributed by atoms with Crippen molar-refractivity contribution in [2.75, 3.05) is 7.11 Å². The molecule has 1 aromatic carbocycles. The molecular formula is C25H34O4. The highest BCUT2D eigenvalue weighted by Crippen LogP contribution is 2.71. The van der Waals surface area contributed by atoms with Crippen LogP contribution in [0.25, 0.3) is 6.08 Å². The van der Waals surface area contributed by atoms with Gasteiger partial charge in [-0.2, -0.15) is 0 Å². The Morgan fingerprint density at radius 1 is 1.10 bits per heavy atom. The molecule has 2 saturated heterocycles. The second kappa shape index (κ2) is 5.66. The van der Waals surface area contributed by atoms with Crippen LogP contribution in [0, 0.1) is 30.1 Å². The van der Waals surface area contributed by atoms with E-state index in [0.717, 1.165) is 24.2 Å². The summed E-state index contributed by atoms with van der Waals surface area (Å²) in [5, 5.41) is 11.4. The molecule has 1 saturated carbocycles. The van der Waals surface area contributed by atoms with Gasteiger partial charge in [-0.05, 0) is 62.3 Å². The summed E-state index contributed by atoms with van der Waals surface area (Å²) < 4.78 is 19.4. The lowest BCUT2D eigenvalue weighted by Gasteiger charge is -2.59. The summed E-state index contributed by atoms with van der Waals surface area (Å²) in [6, 6.07) is 4.23. The number of methoxy groups -OCH3 is 1. The number of aliphatic hydroxyl groups excluding tert-OH is 1. The van der Waals surface area contributed by atoms with Gasteiger partial charge in [0.25, 0.3) is 0 Å². The molecule has 0 radical (unpaired) electrons. The molecule has 0 aromatic heterocycles. The quantitative estimate of drug-likeness (QED) is 0.737. The van der Waals surface area contributed by atoms with E-state index in [4.69, 9.17) is 14.2 Å². The van der Waals surface area contributed by atoms with E-state index in [-0.39, 0.29) is 17.3 Å². The molecule has 7 atom stereocenters. The predicted molar refractivity (Wildman–Crippen MR) is 113 cm³/mol. The van der Waals surface area contributed by atoms with E-state index >= 15 is 0 Å². The van der Waals surface area contributed by atoms with E-state index in [2.05, 4.69) is 65.8 Å². The number of benzene rings is 1. The number of hydrogen-bond donors (Lipinski definition) is 1. The normalized spacial score (nSPS) is 46.6. The highest BCUT2D eigenvalue weighted by atomic mass is 16.7. The van der Waals surface area contributed by atoms with Gasteiger partial charge in [0.2, 0.25) is 0 Å². The van der Waals surface area contributed by atoms with E-state index < -0.39 is 23.1 Å². The summed E-state index contributed by atoms with van der Waals surface area (Å²) in [7, 11) is 1.72. The monoisotopic (exact) mass is 398 g/mol. The van der Waals surface area contributed by atoms with E-state index in [1.807, 2.05) is 0 Å². The Morgan fingerprint density at radius 3 is 2.45 bits per heavy atom. The van der Waals surface area contributed by atoms with Crippen LogP contribution in [0.15, 0.2) is 18.2 Å². The van der Waals surface area contributed by atoms with Crippen molar-refractivity contribution in [1.29, 1.82) is 0 Å². The van der Waals surface area contributed by atoms with Crippen molar-refractivity contribution in [2.24, 2.45) is 23.2 Å². The van der Waals surface area contributed by atoms with Crippen LogP contribution in [0.1, 0.15) is 64.2 Å². The van der Waals surface area contributed by atoms with Crippen molar-refractivity contribution < 1.29 is 19.3 Å². The zero-order chi connectivity index (χ0) is 21.0. The molecular weight excluding hydrogens is 364 g/mol. The summed E-state index contributed by atoms with van der Waals surface area (Å²) in [5.41, 5.74) is 2.49. The lowest BCUT2D eigenvalue weighted by atomic mass is 9.57. The Bertz CT molecular complexity index is 904. The van der Waals surface area contributed by atoms with Crippen LogP contribution in [0.5, 0.6) is 5.75 Å².